The Morgan fingerprint density at radius 3 is 2.75 bits per heavy atom. The zero-order chi connectivity index (χ0) is 11.5. The smallest absolute Gasteiger partial charge is 0.107 e. The summed E-state index contributed by atoms with van der Waals surface area (Å²) >= 11 is 1.80. The quantitative estimate of drug-likeness (QED) is 0.769. The molecule has 0 unspecified atom stereocenters. The van der Waals surface area contributed by atoms with Gasteiger partial charge in [-0.15, -0.1) is 11.3 Å². The van der Waals surface area contributed by atoms with Gasteiger partial charge in [0.1, 0.15) is 5.01 Å². The lowest BCUT2D eigenvalue weighted by Crippen LogP contribution is -2.30. The molecule has 1 aromatic rings. The van der Waals surface area contributed by atoms with Crippen molar-refractivity contribution in [3.05, 3.63) is 15.6 Å². The van der Waals surface area contributed by atoms with E-state index < -0.39 is 0 Å². The fourth-order valence-corrected chi connectivity index (χ4v) is 2.67. The van der Waals surface area contributed by atoms with E-state index in [1.807, 2.05) is 0 Å². The van der Waals surface area contributed by atoms with E-state index in [1.165, 1.54) is 28.4 Å². The van der Waals surface area contributed by atoms with Crippen molar-refractivity contribution in [1.82, 2.24) is 15.2 Å². The SMILES string of the molecule is Cc1nc(CNCCN(C)C2CC2)sc1C. The van der Waals surface area contributed by atoms with Gasteiger partial charge < -0.3 is 10.2 Å². The van der Waals surface area contributed by atoms with Gasteiger partial charge in [0, 0.05) is 30.6 Å². The Morgan fingerprint density at radius 1 is 1.44 bits per heavy atom. The van der Waals surface area contributed by atoms with Crippen LogP contribution in [0.3, 0.4) is 0 Å². The third kappa shape index (κ3) is 3.27. The van der Waals surface area contributed by atoms with Gasteiger partial charge in [-0.05, 0) is 33.7 Å². The lowest BCUT2D eigenvalue weighted by Gasteiger charge is -2.15. The first-order valence-electron chi connectivity index (χ1n) is 6.00. The van der Waals surface area contributed by atoms with Crippen molar-refractivity contribution in [2.75, 3.05) is 20.1 Å². The summed E-state index contributed by atoms with van der Waals surface area (Å²) < 4.78 is 0. The third-order valence-corrected chi connectivity index (χ3v) is 4.23. The molecular formula is C12H21N3S. The van der Waals surface area contributed by atoms with E-state index in [-0.39, 0.29) is 0 Å². The maximum atomic E-state index is 4.52. The molecule has 0 radical (unpaired) electrons. The molecule has 1 fully saturated rings. The standard InChI is InChI=1S/C12H21N3S/c1-9-10(2)16-12(14-9)8-13-6-7-15(3)11-4-5-11/h11,13H,4-8H2,1-3H3. The predicted molar refractivity (Wildman–Crippen MR) is 68.9 cm³/mol. The fraction of sp³-hybridized carbons (Fsp3) is 0.750. The largest absolute Gasteiger partial charge is 0.309 e. The van der Waals surface area contributed by atoms with Crippen LogP contribution < -0.4 is 5.32 Å². The number of rotatable bonds is 6. The van der Waals surface area contributed by atoms with Crippen molar-refractivity contribution in [1.29, 1.82) is 0 Å². The van der Waals surface area contributed by atoms with Crippen molar-refractivity contribution in [2.24, 2.45) is 0 Å². The molecule has 1 N–H and O–H groups in total. The molecule has 2 rings (SSSR count). The highest BCUT2D eigenvalue weighted by Gasteiger charge is 2.25. The van der Waals surface area contributed by atoms with Crippen LogP contribution in [-0.4, -0.2) is 36.1 Å². The molecule has 4 heteroatoms. The molecular weight excluding hydrogens is 218 g/mol. The van der Waals surface area contributed by atoms with E-state index in [0.717, 1.165) is 25.7 Å². The Bertz CT molecular complexity index is 325. The summed E-state index contributed by atoms with van der Waals surface area (Å²) in [6, 6.07) is 0.867. The molecule has 1 saturated carbocycles. The predicted octanol–water partition coefficient (Wildman–Crippen LogP) is 1.94. The highest BCUT2D eigenvalue weighted by atomic mass is 32.1. The van der Waals surface area contributed by atoms with E-state index in [9.17, 15) is 0 Å². The zero-order valence-electron chi connectivity index (χ0n) is 10.4. The second-order valence-electron chi connectivity index (χ2n) is 4.64. The highest BCUT2D eigenvalue weighted by Crippen LogP contribution is 2.24. The molecule has 1 aliphatic rings. The van der Waals surface area contributed by atoms with E-state index in [1.54, 1.807) is 11.3 Å². The van der Waals surface area contributed by atoms with Crippen molar-refractivity contribution < 1.29 is 0 Å². The summed E-state index contributed by atoms with van der Waals surface area (Å²) in [4.78, 5) is 8.31. The normalized spacial score (nSPS) is 16.0. The van der Waals surface area contributed by atoms with Crippen LogP contribution in [0.1, 0.15) is 28.4 Å². The molecule has 1 aromatic heterocycles. The van der Waals surface area contributed by atoms with Crippen molar-refractivity contribution in [3.8, 4) is 0 Å². The maximum absolute atomic E-state index is 4.52. The molecule has 90 valence electrons. The first-order chi connectivity index (χ1) is 7.66. The number of nitrogens with zero attached hydrogens (tertiary/aromatic N) is 2. The Kier molecular flexibility index (Phi) is 3.95. The Morgan fingerprint density at radius 2 is 2.19 bits per heavy atom. The van der Waals surface area contributed by atoms with E-state index >= 15 is 0 Å². The number of aromatic nitrogens is 1. The number of hydrogen-bond acceptors (Lipinski definition) is 4. The molecule has 0 bridgehead atoms. The average molecular weight is 239 g/mol. The van der Waals surface area contributed by atoms with Gasteiger partial charge in [0.15, 0.2) is 0 Å². The van der Waals surface area contributed by atoms with Crippen LogP contribution >= 0.6 is 11.3 Å². The first-order valence-corrected chi connectivity index (χ1v) is 6.82. The summed E-state index contributed by atoms with van der Waals surface area (Å²) in [5.74, 6) is 0. The lowest BCUT2D eigenvalue weighted by atomic mass is 10.4. The molecule has 3 nitrogen and oxygen atoms in total. The van der Waals surface area contributed by atoms with Crippen molar-refractivity contribution >= 4 is 11.3 Å². The monoisotopic (exact) mass is 239 g/mol. The van der Waals surface area contributed by atoms with Gasteiger partial charge in [0.25, 0.3) is 0 Å². The molecule has 0 aromatic carbocycles. The summed E-state index contributed by atoms with van der Waals surface area (Å²) in [5, 5.41) is 4.67. The van der Waals surface area contributed by atoms with Crippen molar-refractivity contribution in [3.63, 3.8) is 0 Å². The van der Waals surface area contributed by atoms with Gasteiger partial charge in [-0.3, -0.25) is 0 Å². The van der Waals surface area contributed by atoms with Gasteiger partial charge in [-0.25, -0.2) is 4.98 Å². The van der Waals surface area contributed by atoms with Gasteiger partial charge in [-0.2, -0.15) is 0 Å². The molecule has 16 heavy (non-hydrogen) atoms. The molecule has 0 spiro atoms. The number of likely N-dealkylation sites (N-methyl/N-ethyl adjacent to an activating group) is 1. The van der Waals surface area contributed by atoms with Crippen molar-refractivity contribution in [2.45, 2.75) is 39.3 Å². The van der Waals surface area contributed by atoms with E-state index in [0.29, 0.717) is 0 Å². The second-order valence-corrected chi connectivity index (χ2v) is 5.93. The van der Waals surface area contributed by atoms with Crippen LogP contribution in [-0.2, 0) is 6.54 Å². The number of aryl methyl sites for hydroxylation is 2. The Hall–Kier alpha value is -0.450. The summed E-state index contributed by atoms with van der Waals surface area (Å²) in [7, 11) is 2.22. The third-order valence-electron chi connectivity index (χ3n) is 3.16. The van der Waals surface area contributed by atoms with Crippen LogP contribution in [0.4, 0.5) is 0 Å². The minimum Gasteiger partial charge on any atom is -0.309 e. The molecule has 0 atom stereocenters. The lowest BCUT2D eigenvalue weighted by molar-refractivity contribution is 0.321. The van der Waals surface area contributed by atoms with Crippen LogP contribution in [0.25, 0.3) is 0 Å². The molecule has 1 heterocycles. The topological polar surface area (TPSA) is 28.2 Å². The second kappa shape index (κ2) is 5.25. The molecule has 0 amide bonds. The molecule has 1 aliphatic carbocycles. The minimum absolute atomic E-state index is 0.867. The average Bonchev–Trinajstić information content (AvgIpc) is 3.03. The van der Waals surface area contributed by atoms with E-state index in [2.05, 4.69) is 36.1 Å². The first kappa shape index (κ1) is 12.0. The molecule has 0 saturated heterocycles. The Balaban J connectivity index is 1.63. The zero-order valence-corrected chi connectivity index (χ0v) is 11.2. The van der Waals surface area contributed by atoms with Crippen LogP contribution in [0, 0.1) is 13.8 Å². The maximum Gasteiger partial charge on any atom is 0.107 e. The van der Waals surface area contributed by atoms with Crippen LogP contribution in [0.2, 0.25) is 0 Å². The molecule has 0 aliphatic heterocycles. The van der Waals surface area contributed by atoms with Crippen LogP contribution in [0.15, 0.2) is 0 Å². The van der Waals surface area contributed by atoms with Gasteiger partial charge >= 0.3 is 0 Å². The fourth-order valence-electron chi connectivity index (χ4n) is 1.76. The van der Waals surface area contributed by atoms with E-state index in [4.69, 9.17) is 0 Å². The van der Waals surface area contributed by atoms with Crippen LogP contribution in [0.5, 0.6) is 0 Å². The number of hydrogen-bond donors (Lipinski definition) is 1. The summed E-state index contributed by atoms with van der Waals surface area (Å²) in [6.45, 7) is 7.34. The summed E-state index contributed by atoms with van der Waals surface area (Å²) in [6.07, 6.45) is 2.78. The van der Waals surface area contributed by atoms with Gasteiger partial charge in [0.2, 0.25) is 0 Å². The van der Waals surface area contributed by atoms with Gasteiger partial charge in [-0.1, -0.05) is 0 Å². The number of thiazole rings is 1. The van der Waals surface area contributed by atoms with Gasteiger partial charge in [0.05, 0.1) is 5.69 Å². The number of nitrogens with one attached hydrogen (secondary N) is 1. The summed E-state index contributed by atoms with van der Waals surface area (Å²) in [5.41, 5.74) is 1.18. The minimum atomic E-state index is 0.867. The highest BCUT2D eigenvalue weighted by molar-refractivity contribution is 7.11. The Labute approximate surface area is 102 Å².